The molecule has 1 N–H and O–H groups in total. The van der Waals surface area contributed by atoms with Crippen molar-refractivity contribution < 1.29 is 14.1 Å². The maximum Gasteiger partial charge on any atom is 0.270 e. The first-order chi connectivity index (χ1) is 14.5. The lowest BCUT2D eigenvalue weighted by Gasteiger charge is -2.12. The molecule has 0 spiro atoms. The highest BCUT2D eigenvalue weighted by Gasteiger charge is 2.23. The van der Waals surface area contributed by atoms with Crippen LogP contribution in [-0.2, 0) is 6.54 Å². The molecule has 30 heavy (non-hydrogen) atoms. The molecule has 3 aromatic rings. The van der Waals surface area contributed by atoms with Crippen LogP contribution in [0.2, 0.25) is 5.02 Å². The molecule has 0 bridgehead atoms. The van der Waals surface area contributed by atoms with Crippen LogP contribution < -0.4 is 10.1 Å². The van der Waals surface area contributed by atoms with Crippen molar-refractivity contribution in [1.29, 1.82) is 0 Å². The number of carbonyl (C=O) groups is 1. The van der Waals surface area contributed by atoms with Crippen molar-refractivity contribution in [3.05, 3.63) is 64.6 Å². The Hall–Kier alpha value is -2.86. The first-order valence-corrected chi connectivity index (χ1v) is 10.5. The summed E-state index contributed by atoms with van der Waals surface area (Å²) < 4.78 is 11.3. The number of nitrogens with zero attached hydrogens (tertiary/aromatic N) is 2. The van der Waals surface area contributed by atoms with Crippen LogP contribution in [0.5, 0.6) is 5.75 Å². The average Bonchev–Trinajstić information content (AvgIpc) is 3.45. The van der Waals surface area contributed by atoms with E-state index in [0.717, 1.165) is 11.3 Å². The molecule has 6 nitrogen and oxygen atoms in total. The molecule has 0 unspecified atom stereocenters. The summed E-state index contributed by atoms with van der Waals surface area (Å²) in [7, 11) is 0. The Morgan fingerprint density at radius 2 is 2.00 bits per heavy atom. The van der Waals surface area contributed by atoms with E-state index >= 15 is 0 Å². The van der Waals surface area contributed by atoms with E-state index in [1.807, 2.05) is 32.0 Å². The van der Waals surface area contributed by atoms with Gasteiger partial charge in [-0.15, -0.1) is 0 Å². The second-order valence-electron chi connectivity index (χ2n) is 7.86. The van der Waals surface area contributed by atoms with Gasteiger partial charge in [-0.05, 0) is 43.0 Å². The van der Waals surface area contributed by atoms with Crippen LogP contribution in [0, 0.1) is 5.92 Å². The van der Waals surface area contributed by atoms with Gasteiger partial charge in [-0.25, -0.2) is 4.98 Å². The lowest BCUT2D eigenvalue weighted by Crippen LogP contribution is -2.24. The van der Waals surface area contributed by atoms with Crippen LogP contribution in [0.15, 0.2) is 47.0 Å². The SMILES string of the molecule is CC(C)c1cc(CNC(=O)c2ccc(OCC3CC3)c(-c3ccc(Cl)cc3)n2)no1. The number of pyridine rings is 1. The van der Waals surface area contributed by atoms with E-state index in [1.165, 1.54) is 12.8 Å². The number of ether oxygens (including phenoxy) is 1. The van der Waals surface area contributed by atoms with E-state index in [2.05, 4.69) is 15.5 Å². The maximum absolute atomic E-state index is 12.7. The van der Waals surface area contributed by atoms with Gasteiger partial charge in [0, 0.05) is 22.6 Å². The summed E-state index contributed by atoms with van der Waals surface area (Å²) in [4.78, 5) is 17.3. The van der Waals surface area contributed by atoms with Crippen molar-refractivity contribution in [3.63, 3.8) is 0 Å². The first-order valence-electron chi connectivity index (χ1n) is 10.1. The Kier molecular flexibility index (Phi) is 6.04. The van der Waals surface area contributed by atoms with Gasteiger partial charge in [-0.1, -0.05) is 42.7 Å². The molecule has 1 amide bonds. The number of rotatable bonds is 8. The third kappa shape index (κ3) is 5.00. The van der Waals surface area contributed by atoms with Crippen LogP contribution in [0.1, 0.15) is 54.5 Å². The van der Waals surface area contributed by atoms with Gasteiger partial charge in [0.2, 0.25) is 0 Å². The summed E-state index contributed by atoms with van der Waals surface area (Å²) in [6.07, 6.45) is 2.40. The van der Waals surface area contributed by atoms with Crippen molar-refractivity contribution in [3.8, 4) is 17.0 Å². The third-order valence-corrected chi connectivity index (χ3v) is 5.21. The lowest BCUT2D eigenvalue weighted by atomic mass is 10.1. The Morgan fingerprint density at radius 3 is 2.67 bits per heavy atom. The second-order valence-corrected chi connectivity index (χ2v) is 8.30. The summed E-state index contributed by atoms with van der Waals surface area (Å²) in [5, 5.41) is 7.48. The Morgan fingerprint density at radius 1 is 1.23 bits per heavy atom. The molecule has 0 atom stereocenters. The number of nitrogens with one attached hydrogen (secondary N) is 1. The average molecular weight is 426 g/mol. The second kappa shape index (κ2) is 8.88. The van der Waals surface area contributed by atoms with Gasteiger partial charge in [0.25, 0.3) is 5.91 Å². The topological polar surface area (TPSA) is 77.2 Å². The number of aromatic nitrogens is 2. The normalized spacial score (nSPS) is 13.5. The van der Waals surface area contributed by atoms with Gasteiger partial charge in [0.05, 0.1) is 13.2 Å². The highest BCUT2D eigenvalue weighted by Crippen LogP contribution is 2.33. The number of benzene rings is 1. The summed E-state index contributed by atoms with van der Waals surface area (Å²) in [6.45, 7) is 4.99. The van der Waals surface area contributed by atoms with Gasteiger partial charge in [-0.3, -0.25) is 4.79 Å². The molecule has 0 saturated heterocycles. The van der Waals surface area contributed by atoms with Crippen molar-refractivity contribution in [2.24, 2.45) is 5.92 Å². The molecule has 4 rings (SSSR count). The zero-order chi connectivity index (χ0) is 21.1. The van der Waals surface area contributed by atoms with E-state index in [9.17, 15) is 4.79 Å². The van der Waals surface area contributed by atoms with Crippen LogP contribution in [0.4, 0.5) is 0 Å². The van der Waals surface area contributed by atoms with Gasteiger partial charge in [-0.2, -0.15) is 0 Å². The Bertz CT molecular complexity index is 1030. The van der Waals surface area contributed by atoms with E-state index in [1.54, 1.807) is 24.3 Å². The summed E-state index contributed by atoms with van der Waals surface area (Å²) in [5.41, 5.74) is 2.46. The van der Waals surface area contributed by atoms with E-state index in [4.69, 9.17) is 20.9 Å². The molecular formula is C23H24ClN3O3. The number of hydrogen-bond donors (Lipinski definition) is 1. The molecule has 0 aliphatic heterocycles. The minimum atomic E-state index is -0.284. The fourth-order valence-electron chi connectivity index (χ4n) is 2.94. The largest absolute Gasteiger partial charge is 0.491 e. The third-order valence-electron chi connectivity index (χ3n) is 4.96. The molecule has 1 aliphatic carbocycles. The molecule has 1 aliphatic rings. The van der Waals surface area contributed by atoms with Crippen molar-refractivity contribution in [2.75, 3.05) is 6.61 Å². The molecule has 2 aromatic heterocycles. The molecule has 156 valence electrons. The zero-order valence-corrected chi connectivity index (χ0v) is 17.8. The van der Waals surface area contributed by atoms with Crippen molar-refractivity contribution in [1.82, 2.24) is 15.5 Å². The first kappa shape index (κ1) is 20.4. The van der Waals surface area contributed by atoms with Crippen LogP contribution >= 0.6 is 11.6 Å². The maximum atomic E-state index is 12.7. The molecule has 1 saturated carbocycles. The minimum absolute atomic E-state index is 0.244. The highest BCUT2D eigenvalue weighted by molar-refractivity contribution is 6.30. The quantitative estimate of drug-likeness (QED) is 0.534. The fourth-order valence-corrected chi connectivity index (χ4v) is 3.07. The van der Waals surface area contributed by atoms with Gasteiger partial charge >= 0.3 is 0 Å². The standard InChI is InChI=1S/C23H24ClN3O3/c1-14(2)21-11-18(27-30-21)12-25-23(28)19-9-10-20(29-13-15-3-4-15)22(26-19)16-5-7-17(24)8-6-16/h5-11,14-15H,3-4,12-13H2,1-2H3,(H,25,28). The van der Waals surface area contributed by atoms with Crippen LogP contribution in [0.25, 0.3) is 11.3 Å². The van der Waals surface area contributed by atoms with E-state index in [-0.39, 0.29) is 18.4 Å². The van der Waals surface area contributed by atoms with Gasteiger partial charge in [0.1, 0.15) is 28.6 Å². The fraction of sp³-hybridized carbons (Fsp3) is 0.348. The molecule has 1 fully saturated rings. The number of amides is 1. The summed E-state index contributed by atoms with van der Waals surface area (Å²) >= 11 is 6.02. The number of hydrogen-bond acceptors (Lipinski definition) is 5. The minimum Gasteiger partial charge on any atom is -0.491 e. The van der Waals surface area contributed by atoms with Crippen LogP contribution in [-0.4, -0.2) is 22.7 Å². The van der Waals surface area contributed by atoms with Crippen molar-refractivity contribution >= 4 is 17.5 Å². The molecule has 7 heteroatoms. The monoisotopic (exact) mass is 425 g/mol. The molecular weight excluding hydrogens is 402 g/mol. The highest BCUT2D eigenvalue weighted by atomic mass is 35.5. The Labute approximate surface area is 180 Å². The smallest absolute Gasteiger partial charge is 0.270 e. The molecule has 0 radical (unpaired) electrons. The number of carbonyl (C=O) groups excluding carboxylic acids is 1. The van der Waals surface area contributed by atoms with E-state index in [0.29, 0.717) is 40.4 Å². The van der Waals surface area contributed by atoms with Gasteiger partial charge < -0.3 is 14.6 Å². The molecule has 1 aromatic carbocycles. The zero-order valence-electron chi connectivity index (χ0n) is 17.0. The predicted molar refractivity (Wildman–Crippen MR) is 115 cm³/mol. The summed E-state index contributed by atoms with van der Waals surface area (Å²) in [6, 6.07) is 12.7. The van der Waals surface area contributed by atoms with Crippen molar-refractivity contribution in [2.45, 2.75) is 39.2 Å². The number of halogens is 1. The Balaban J connectivity index is 1.52. The lowest BCUT2D eigenvalue weighted by molar-refractivity contribution is 0.0945. The molecule has 2 heterocycles. The van der Waals surface area contributed by atoms with Gasteiger partial charge in [0.15, 0.2) is 0 Å². The summed E-state index contributed by atoms with van der Waals surface area (Å²) in [5.74, 6) is 2.03. The predicted octanol–water partition coefficient (Wildman–Crippen LogP) is 5.23. The van der Waals surface area contributed by atoms with Crippen LogP contribution in [0.3, 0.4) is 0 Å². The van der Waals surface area contributed by atoms with E-state index < -0.39 is 0 Å².